The molecule has 2 amide bonds. The fraction of sp³-hybridized carbons (Fsp3) is 0.857. The molecule has 0 spiro atoms. The molecule has 1 saturated heterocycles. The van der Waals surface area contributed by atoms with Gasteiger partial charge in [-0.3, -0.25) is 9.69 Å². The lowest BCUT2D eigenvalue weighted by molar-refractivity contribution is -0.124. The van der Waals surface area contributed by atoms with Gasteiger partial charge in [-0.2, -0.15) is 5.26 Å². The van der Waals surface area contributed by atoms with Crippen molar-refractivity contribution in [2.24, 2.45) is 5.92 Å². The third-order valence-corrected chi connectivity index (χ3v) is 5.56. The predicted octanol–water partition coefficient (Wildman–Crippen LogP) is 2.96. The molecule has 0 atom stereocenters. The Hall–Kier alpha value is -1.81. The average molecular weight is 393 g/mol. The number of likely N-dealkylation sites (tertiary alicyclic amines) is 1. The van der Waals surface area contributed by atoms with Crippen molar-refractivity contribution in [3.63, 3.8) is 0 Å². The number of hydrogen-bond acceptors (Lipinski definition) is 5. The molecule has 1 aliphatic carbocycles. The fourth-order valence-electron chi connectivity index (χ4n) is 4.00. The Morgan fingerprint density at radius 1 is 1.14 bits per heavy atom. The summed E-state index contributed by atoms with van der Waals surface area (Å²) in [6.07, 6.45) is 7.31. The van der Waals surface area contributed by atoms with E-state index >= 15 is 0 Å². The molecule has 1 heterocycles. The lowest BCUT2D eigenvalue weighted by Crippen LogP contribution is -2.51. The maximum atomic E-state index is 12.5. The molecule has 2 rings (SSSR count). The van der Waals surface area contributed by atoms with E-state index in [4.69, 9.17) is 4.74 Å². The average Bonchev–Trinajstić information content (AvgIpc) is 2.85. The van der Waals surface area contributed by atoms with Crippen molar-refractivity contribution >= 4 is 12.0 Å². The summed E-state index contributed by atoms with van der Waals surface area (Å²) in [5.74, 6) is 0.355. The molecular weight excluding hydrogens is 356 g/mol. The first kappa shape index (κ1) is 22.5. The molecule has 0 unspecified atom stereocenters. The summed E-state index contributed by atoms with van der Waals surface area (Å²) in [6, 6.07) is 2.37. The van der Waals surface area contributed by atoms with E-state index in [1.165, 1.54) is 0 Å². The largest absolute Gasteiger partial charge is 0.444 e. The van der Waals surface area contributed by atoms with Crippen LogP contribution in [0.5, 0.6) is 0 Å². The molecule has 2 aliphatic rings. The first-order valence-electron chi connectivity index (χ1n) is 10.6. The number of hydrogen-bond donors (Lipinski definition) is 2. The van der Waals surface area contributed by atoms with Crippen LogP contribution in [0.15, 0.2) is 0 Å². The third kappa shape index (κ3) is 7.67. The number of carbonyl (C=O) groups excluding carboxylic acids is 2. The van der Waals surface area contributed by atoms with Gasteiger partial charge in [-0.1, -0.05) is 25.7 Å². The zero-order valence-corrected chi connectivity index (χ0v) is 17.7. The Labute approximate surface area is 169 Å². The van der Waals surface area contributed by atoms with Crippen molar-refractivity contribution in [1.82, 2.24) is 15.5 Å². The highest BCUT2D eigenvalue weighted by molar-refractivity contribution is 5.79. The Bertz CT molecular complexity index is 563. The van der Waals surface area contributed by atoms with Crippen LogP contribution in [-0.2, 0) is 9.53 Å². The fourth-order valence-corrected chi connectivity index (χ4v) is 4.00. The molecule has 1 saturated carbocycles. The zero-order valence-electron chi connectivity index (χ0n) is 17.7. The van der Waals surface area contributed by atoms with E-state index in [1.807, 2.05) is 20.8 Å². The summed E-state index contributed by atoms with van der Waals surface area (Å²) in [5.41, 5.74) is -1.16. The van der Waals surface area contributed by atoms with Gasteiger partial charge in [-0.25, -0.2) is 4.79 Å². The zero-order chi connectivity index (χ0) is 20.6. The van der Waals surface area contributed by atoms with Gasteiger partial charge in [0.05, 0.1) is 12.6 Å². The minimum Gasteiger partial charge on any atom is -0.444 e. The van der Waals surface area contributed by atoms with Crippen LogP contribution in [0.25, 0.3) is 0 Å². The van der Waals surface area contributed by atoms with Crippen LogP contribution in [0.1, 0.15) is 72.1 Å². The van der Waals surface area contributed by atoms with E-state index < -0.39 is 11.1 Å². The molecule has 2 fully saturated rings. The first-order valence-corrected chi connectivity index (χ1v) is 10.6. The van der Waals surface area contributed by atoms with Crippen LogP contribution < -0.4 is 10.6 Å². The van der Waals surface area contributed by atoms with E-state index in [2.05, 4.69) is 21.6 Å². The molecule has 28 heavy (non-hydrogen) atoms. The van der Waals surface area contributed by atoms with Crippen LogP contribution in [-0.4, -0.2) is 54.2 Å². The molecule has 0 aromatic rings. The predicted molar refractivity (Wildman–Crippen MR) is 108 cm³/mol. The first-order chi connectivity index (χ1) is 13.2. The van der Waals surface area contributed by atoms with Gasteiger partial charge in [-0.05, 0) is 65.5 Å². The van der Waals surface area contributed by atoms with E-state index in [0.29, 0.717) is 19.0 Å². The van der Waals surface area contributed by atoms with Crippen molar-refractivity contribution < 1.29 is 14.3 Å². The van der Waals surface area contributed by atoms with Gasteiger partial charge >= 0.3 is 6.09 Å². The normalized spacial score (nSPS) is 21.2. The minimum atomic E-state index is -0.677. The molecular formula is C21H36N4O3. The Kier molecular flexibility index (Phi) is 8.11. The number of rotatable bonds is 5. The van der Waals surface area contributed by atoms with E-state index in [0.717, 1.165) is 64.5 Å². The third-order valence-electron chi connectivity index (χ3n) is 5.56. The SMILES string of the molecule is CC(C)(C)OC(=O)NCC1CCN(CC(=O)NC2(C#N)CCCCCC2)CC1. The number of piperidine rings is 1. The highest BCUT2D eigenvalue weighted by atomic mass is 16.6. The minimum absolute atomic E-state index is 0.0474. The Morgan fingerprint density at radius 2 is 1.75 bits per heavy atom. The van der Waals surface area contributed by atoms with Gasteiger partial charge in [0.1, 0.15) is 11.1 Å². The van der Waals surface area contributed by atoms with Gasteiger partial charge in [0, 0.05) is 6.54 Å². The topological polar surface area (TPSA) is 94.5 Å². The van der Waals surface area contributed by atoms with Crippen LogP contribution >= 0.6 is 0 Å². The quantitative estimate of drug-likeness (QED) is 0.702. The van der Waals surface area contributed by atoms with Crippen LogP contribution in [0, 0.1) is 17.2 Å². The van der Waals surface area contributed by atoms with E-state index in [1.54, 1.807) is 0 Å². The summed E-state index contributed by atoms with van der Waals surface area (Å²) in [5, 5.41) is 15.5. The summed E-state index contributed by atoms with van der Waals surface area (Å²) >= 11 is 0. The van der Waals surface area contributed by atoms with E-state index in [9.17, 15) is 14.9 Å². The second kappa shape index (κ2) is 10.1. The highest BCUT2D eigenvalue weighted by Gasteiger charge is 2.33. The van der Waals surface area contributed by atoms with Gasteiger partial charge in [0.25, 0.3) is 0 Å². The maximum absolute atomic E-state index is 12.5. The number of nitrogens with zero attached hydrogens (tertiary/aromatic N) is 2. The van der Waals surface area contributed by atoms with Gasteiger partial charge < -0.3 is 15.4 Å². The summed E-state index contributed by atoms with van der Waals surface area (Å²) in [6.45, 7) is 8.15. The molecule has 1 aliphatic heterocycles. The van der Waals surface area contributed by atoms with Crippen molar-refractivity contribution in [3.05, 3.63) is 0 Å². The van der Waals surface area contributed by atoms with E-state index in [-0.39, 0.29) is 12.0 Å². The molecule has 7 nitrogen and oxygen atoms in total. The molecule has 158 valence electrons. The van der Waals surface area contributed by atoms with Gasteiger partial charge in [-0.15, -0.1) is 0 Å². The highest BCUT2D eigenvalue weighted by Crippen LogP contribution is 2.26. The number of carbonyl (C=O) groups is 2. The molecule has 0 radical (unpaired) electrons. The summed E-state index contributed by atoms with van der Waals surface area (Å²) < 4.78 is 5.26. The van der Waals surface area contributed by atoms with Crippen LogP contribution in [0.2, 0.25) is 0 Å². The van der Waals surface area contributed by atoms with Crippen LogP contribution in [0.3, 0.4) is 0 Å². The lowest BCUT2D eigenvalue weighted by atomic mass is 9.91. The van der Waals surface area contributed by atoms with Gasteiger partial charge in [0.15, 0.2) is 0 Å². The lowest BCUT2D eigenvalue weighted by Gasteiger charge is -2.33. The summed E-state index contributed by atoms with van der Waals surface area (Å²) in [4.78, 5) is 26.4. The number of amides is 2. The molecule has 0 aromatic carbocycles. The second-order valence-corrected chi connectivity index (χ2v) is 9.26. The number of alkyl carbamates (subject to hydrolysis) is 1. The Balaban J connectivity index is 1.69. The van der Waals surface area contributed by atoms with Gasteiger partial charge in [0.2, 0.25) is 5.91 Å². The molecule has 0 aromatic heterocycles. The molecule has 2 N–H and O–H groups in total. The standard InChI is InChI=1S/C21H36N4O3/c1-20(2,3)28-19(27)23-14-17-8-12-25(13-9-17)15-18(26)24-21(16-22)10-6-4-5-7-11-21/h17H,4-15H2,1-3H3,(H,23,27)(H,24,26). The number of nitriles is 1. The number of nitrogens with one attached hydrogen (secondary N) is 2. The van der Waals surface area contributed by atoms with Crippen molar-refractivity contribution in [3.8, 4) is 6.07 Å². The molecule has 7 heteroatoms. The van der Waals surface area contributed by atoms with Crippen molar-refractivity contribution in [1.29, 1.82) is 5.26 Å². The maximum Gasteiger partial charge on any atom is 0.407 e. The summed E-state index contributed by atoms with van der Waals surface area (Å²) in [7, 11) is 0. The van der Waals surface area contributed by atoms with Crippen molar-refractivity contribution in [2.45, 2.75) is 83.3 Å². The van der Waals surface area contributed by atoms with Crippen molar-refractivity contribution in [2.75, 3.05) is 26.2 Å². The molecule has 0 bridgehead atoms. The smallest absolute Gasteiger partial charge is 0.407 e. The second-order valence-electron chi connectivity index (χ2n) is 9.26. The monoisotopic (exact) mass is 392 g/mol. The number of ether oxygens (including phenoxy) is 1. The van der Waals surface area contributed by atoms with Crippen LogP contribution in [0.4, 0.5) is 4.79 Å². The Morgan fingerprint density at radius 3 is 2.29 bits per heavy atom.